The summed E-state index contributed by atoms with van der Waals surface area (Å²) >= 11 is 0. The molecule has 2 aliphatic rings. The van der Waals surface area contributed by atoms with Crippen molar-refractivity contribution < 1.29 is 22.4 Å². The lowest BCUT2D eigenvalue weighted by Crippen LogP contribution is -2.37. The van der Waals surface area contributed by atoms with Crippen LogP contribution in [0.15, 0.2) is 36.9 Å². The highest BCUT2D eigenvalue weighted by molar-refractivity contribution is 5.99. The SMILES string of the molecule is Cc1cnc(C(=O)N2C3CCC2C(Cc2ncc(C(F)(F)F)cc2F)C3)c(-c2ncccn2)c1C. The molecule has 5 heterocycles. The molecule has 5 rings (SSSR count). The van der Waals surface area contributed by atoms with Crippen molar-refractivity contribution in [2.24, 2.45) is 5.92 Å². The Labute approximate surface area is 199 Å². The lowest BCUT2D eigenvalue weighted by Gasteiger charge is -2.25. The van der Waals surface area contributed by atoms with Crippen LogP contribution in [0.2, 0.25) is 0 Å². The van der Waals surface area contributed by atoms with Crippen molar-refractivity contribution in [3.63, 3.8) is 0 Å². The minimum absolute atomic E-state index is 0.00868. The summed E-state index contributed by atoms with van der Waals surface area (Å²) in [5.74, 6) is -0.880. The van der Waals surface area contributed by atoms with Gasteiger partial charge in [0.15, 0.2) is 5.82 Å². The van der Waals surface area contributed by atoms with Gasteiger partial charge < -0.3 is 4.90 Å². The fraction of sp³-hybridized carbons (Fsp3) is 0.400. The first-order valence-electron chi connectivity index (χ1n) is 11.4. The molecule has 3 aromatic heterocycles. The fourth-order valence-electron chi connectivity index (χ4n) is 5.35. The van der Waals surface area contributed by atoms with Crippen LogP contribution in [0.25, 0.3) is 11.4 Å². The molecule has 3 aromatic rings. The van der Waals surface area contributed by atoms with Crippen molar-refractivity contribution >= 4 is 5.91 Å². The van der Waals surface area contributed by atoms with Gasteiger partial charge in [0.25, 0.3) is 5.91 Å². The minimum atomic E-state index is -4.65. The molecule has 0 aliphatic carbocycles. The molecule has 0 spiro atoms. The summed E-state index contributed by atoms with van der Waals surface area (Å²) in [4.78, 5) is 32.5. The number of nitrogens with zero attached hydrogens (tertiary/aromatic N) is 5. The molecule has 3 unspecified atom stereocenters. The summed E-state index contributed by atoms with van der Waals surface area (Å²) in [6.45, 7) is 3.81. The lowest BCUT2D eigenvalue weighted by molar-refractivity contribution is -0.138. The van der Waals surface area contributed by atoms with Crippen LogP contribution in [-0.2, 0) is 12.6 Å². The number of rotatable bonds is 4. The molecular formula is C25H23F4N5O. The van der Waals surface area contributed by atoms with Crippen LogP contribution in [0.3, 0.4) is 0 Å². The van der Waals surface area contributed by atoms with Gasteiger partial charge in [0.2, 0.25) is 0 Å². The Balaban J connectivity index is 1.43. The zero-order valence-electron chi connectivity index (χ0n) is 19.2. The van der Waals surface area contributed by atoms with Crippen LogP contribution in [0.5, 0.6) is 0 Å². The molecule has 2 fully saturated rings. The van der Waals surface area contributed by atoms with E-state index in [9.17, 15) is 22.4 Å². The van der Waals surface area contributed by atoms with Gasteiger partial charge >= 0.3 is 6.18 Å². The van der Waals surface area contributed by atoms with Crippen LogP contribution in [0.4, 0.5) is 17.6 Å². The predicted molar refractivity (Wildman–Crippen MR) is 119 cm³/mol. The molecule has 6 nitrogen and oxygen atoms in total. The summed E-state index contributed by atoms with van der Waals surface area (Å²) in [7, 11) is 0. The Morgan fingerprint density at radius 2 is 1.83 bits per heavy atom. The van der Waals surface area contributed by atoms with Crippen molar-refractivity contribution in [3.8, 4) is 11.4 Å². The second-order valence-corrected chi connectivity index (χ2v) is 9.22. The number of carbonyl (C=O) groups excluding carboxylic acids is 1. The molecule has 35 heavy (non-hydrogen) atoms. The Hall–Kier alpha value is -3.43. The topological polar surface area (TPSA) is 71.9 Å². The van der Waals surface area contributed by atoms with Crippen LogP contribution in [0, 0.1) is 25.6 Å². The van der Waals surface area contributed by atoms with E-state index in [4.69, 9.17) is 0 Å². The molecule has 10 heteroatoms. The number of aryl methyl sites for hydroxylation is 1. The second kappa shape index (κ2) is 8.66. The highest BCUT2D eigenvalue weighted by Gasteiger charge is 2.49. The summed E-state index contributed by atoms with van der Waals surface area (Å²) in [5.41, 5.74) is 1.53. The largest absolute Gasteiger partial charge is 0.417 e. The van der Waals surface area contributed by atoms with Gasteiger partial charge in [-0.05, 0) is 68.7 Å². The van der Waals surface area contributed by atoms with E-state index in [0.29, 0.717) is 30.1 Å². The molecule has 0 radical (unpaired) electrons. The molecule has 0 N–H and O–H groups in total. The van der Waals surface area contributed by atoms with E-state index >= 15 is 0 Å². The monoisotopic (exact) mass is 485 g/mol. The van der Waals surface area contributed by atoms with Gasteiger partial charge in [-0.15, -0.1) is 0 Å². The molecule has 2 aliphatic heterocycles. The van der Waals surface area contributed by atoms with Crippen LogP contribution < -0.4 is 0 Å². The van der Waals surface area contributed by atoms with Gasteiger partial charge in [0.05, 0.1) is 16.8 Å². The first-order chi connectivity index (χ1) is 16.6. The highest BCUT2D eigenvalue weighted by Crippen LogP contribution is 2.44. The lowest BCUT2D eigenvalue weighted by atomic mass is 9.85. The zero-order valence-corrected chi connectivity index (χ0v) is 19.2. The molecule has 0 aromatic carbocycles. The summed E-state index contributed by atoms with van der Waals surface area (Å²) in [5, 5.41) is 0. The molecule has 3 atom stereocenters. The van der Waals surface area contributed by atoms with Gasteiger partial charge in [0, 0.05) is 36.9 Å². The Morgan fingerprint density at radius 1 is 1.09 bits per heavy atom. The Morgan fingerprint density at radius 3 is 2.51 bits per heavy atom. The van der Waals surface area contributed by atoms with Crippen LogP contribution in [-0.4, -0.2) is 42.8 Å². The quantitative estimate of drug-likeness (QED) is 0.490. The van der Waals surface area contributed by atoms with Crippen molar-refractivity contribution in [3.05, 3.63) is 70.8 Å². The number of carbonyl (C=O) groups is 1. The number of hydrogen-bond acceptors (Lipinski definition) is 5. The van der Waals surface area contributed by atoms with Crippen molar-refractivity contribution in [1.82, 2.24) is 24.8 Å². The zero-order chi connectivity index (χ0) is 24.9. The van der Waals surface area contributed by atoms with E-state index in [0.717, 1.165) is 24.0 Å². The van der Waals surface area contributed by atoms with E-state index in [1.54, 1.807) is 24.7 Å². The van der Waals surface area contributed by atoms with Crippen molar-refractivity contribution in [2.45, 2.75) is 57.8 Å². The third-order valence-electron chi connectivity index (χ3n) is 7.18. The van der Waals surface area contributed by atoms with Gasteiger partial charge in [0.1, 0.15) is 11.5 Å². The molecule has 0 saturated carbocycles. The van der Waals surface area contributed by atoms with E-state index in [1.807, 2.05) is 18.7 Å². The third-order valence-corrected chi connectivity index (χ3v) is 7.18. The van der Waals surface area contributed by atoms with E-state index in [2.05, 4.69) is 19.9 Å². The second-order valence-electron chi connectivity index (χ2n) is 9.22. The molecule has 1 amide bonds. The average molecular weight is 485 g/mol. The van der Waals surface area contributed by atoms with E-state index in [-0.39, 0.29) is 41.7 Å². The summed E-state index contributed by atoms with van der Waals surface area (Å²) in [6, 6.07) is 1.99. The first-order valence-corrected chi connectivity index (χ1v) is 11.4. The van der Waals surface area contributed by atoms with Crippen molar-refractivity contribution in [2.75, 3.05) is 0 Å². The van der Waals surface area contributed by atoms with E-state index < -0.39 is 17.6 Å². The number of amides is 1. The molecule has 182 valence electrons. The van der Waals surface area contributed by atoms with Crippen LogP contribution in [0.1, 0.15) is 52.1 Å². The fourth-order valence-corrected chi connectivity index (χ4v) is 5.35. The van der Waals surface area contributed by atoms with Crippen molar-refractivity contribution in [1.29, 1.82) is 0 Å². The normalized spacial score (nSPS) is 21.5. The Kier molecular flexibility index (Phi) is 5.77. The number of hydrogen-bond donors (Lipinski definition) is 0. The van der Waals surface area contributed by atoms with Crippen LogP contribution >= 0.6 is 0 Å². The van der Waals surface area contributed by atoms with Gasteiger partial charge in [-0.2, -0.15) is 13.2 Å². The number of halogens is 4. The maximum absolute atomic E-state index is 14.5. The average Bonchev–Trinajstić information content (AvgIpc) is 3.39. The van der Waals surface area contributed by atoms with Gasteiger partial charge in [-0.25, -0.2) is 14.4 Å². The molecular weight excluding hydrogens is 462 g/mol. The molecule has 2 bridgehead atoms. The van der Waals surface area contributed by atoms with Gasteiger partial charge in [-0.1, -0.05) is 0 Å². The minimum Gasteiger partial charge on any atom is -0.331 e. The molecule has 2 saturated heterocycles. The summed E-state index contributed by atoms with van der Waals surface area (Å²) in [6.07, 6.45) is 3.26. The predicted octanol–water partition coefficient (Wildman–Crippen LogP) is 4.94. The summed E-state index contributed by atoms with van der Waals surface area (Å²) < 4.78 is 53.1. The number of aromatic nitrogens is 4. The maximum atomic E-state index is 14.5. The third kappa shape index (κ3) is 4.15. The maximum Gasteiger partial charge on any atom is 0.417 e. The highest BCUT2D eigenvalue weighted by atomic mass is 19.4. The number of fused-ring (bicyclic) bond motifs is 2. The smallest absolute Gasteiger partial charge is 0.331 e. The Bertz CT molecular complexity index is 1280. The standard InChI is InChI=1S/C25H23F4N5O/c1-13-11-33-22(21(14(13)2)23-30-6-3-7-31-23)24(35)34-17-4-5-20(34)15(8-17)9-19-18(26)10-16(12-32-19)25(27,28)29/h3,6-7,10-12,15,17,20H,4-5,8-9H2,1-2H3. The van der Waals surface area contributed by atoms with Gasteiger partial charge in [-0.3, -0.25) is 14.8 Å². The number of pyridine rings is 2. The number of alkyl halides is 3. The van der Waals surface area contributed by atoms with E-state index in [1.165, 1.54) is 0 Å². The first kappa shape index (κ1) is 23.3.